The Hall–Kier alpha value is -3.15. The molecule has 0 aliphatic rings. The fourth-order valence-electron chi connectivity index (χ4n) is 2.32. The second-order valence-corrected chi connectivity index (χ2v) is 6.02. The maximum atomic E-state index is 12.3. The largest absolute Gasteiger partial charge is 0.462 e. The van der Waals surface area contributed by atoms with Crippen LogP contribution in [0.3, 0.4) is 0 Å². The lowest BCUT2D eigenvalue weighted by Crippen LogP contribution is -2.03. The van der Waals surface area contributed by atoms with Crippen molar-refractivity contribution >= 4 is 23.0 Å². The first-order valence-electron chi connectivity index (χ1n) is 7.62. The van der Waals surface area contributed by atoms with Crippen LogP contribution in [0.5, 0.6) is 0 Å². The molecule has 0 spiro atoms. The summed E-state index contributed by atoms with van der Waals surface area (Å²) in [6.07, 6.45) is 0. The second kappa shape index (κ2) is 7.61. The molecule has 0 aliphatic carbocycles. The molecule has 0 saturated carbocycles. The van der Waals surface area contributed by atoms with E-state index in [4.69, 9.17) is 10.3 Å². The van der Waals surface area contributed by atoms with E-state index >= 15 is 0 Å². The van der Waals surface area contributed by atoms with Gasteiger partial charge in [0, 0.05) is 21.7 Å². The molecule has 0 fully saturated rings. The number of carbonyl (C=O) groups is 1. The predicted octanol–water partition coefficient (Wildman–Crippen LogP) is 5.60. The third kappa shape index (κ3) is 3.68. The Bertz CT molecular complexity index is 947. The molecule has 7 heteroatoms. The van der Waals surface area contributed by atoms with Crippen molar-refractivity contribution < 1.29 is 9.53 Å². The number of esters is 1. The molecule has 0 bridgehead atoms. The number of ether oxygens (including phenoxy) is 1. The minimum absolute atomic E-state index is 0.298. The highest BCUT2D eigenvalue weighted by atomic mass is 32.1. The van der Waals surface area contributed by atoms with Crippen LogP contribution < -0.4 is 0 Å². The van der Waals surface area contributed by atoms with Gasteiger partial charge in [-0.25, -0.2) is 9.78 Å². The fourth-order valence-corrected chi connectivity index (χ4v) is 3.30. The highest BCUT2D eigenvalue weighted by Gasteiger charge is 2.21. The molecule has 6 nitrogen and oxygen atoms in total. The van der Waals surface area contributed by atoms with E-state index in [1.807, 2.05) is 36.4 Å². The topological polar surface area (TPSA) is 88.0 Å². The van der Waals surface area contributed by atoms with Gasteiger partial charge in [-0.05, 0) is 18.5 Å². The lowest BCUT2D eigenvalue weighted by atomic mass is 10.1. The van der Waals surface area contributed by atoms with Crippen LogP contribution in [0.4, 0.5) is 5.69 Å². The van der Waals surface area contributed by atoms with Crippen molar-refractivity contribution in [2.45, 2.75) is 6.92 Å². The maximum absolute atomic E-state index is 12.3. The van der Waals surface area contributed by atoms with E-state index in [1.165, 1.54) is 11.3 Å². The summed E-state index contributed by atoms with van der Waals surface area (Å²) in [5, 5.41) is 4.27. The van der Waals surface area contributed by atoms with Crippen molar-refractivity contribution in [1.29, 1.82) is 0 Å². The molecule has 2 aromatic carbocycles. The van der Waals surface area contributed by atoms with Crippen LogP contribution in [-0.4, -0.2) is 17.6 Å². The Kier molecular flexibility index (Phi) is 5.09. The van der Waals surface area contributed by atoms with Crippen LogP contribution in [0, 0.1) is 0 Å². The molecular weight excluding hydrogens is 336 g/mol. The summed E-state index contributed by atoms with van der Waals surface area (Å²) in [6, 6.07) is 16.6. The van der Waals surface area contributed by atoms with Crippen LogP contribution in [0.25, 0.3) is 32.3 Å². The SMILES string of the molecule is CCOC(=O)c1sc(-c2cccc(N=[N+]=[N-])c2)nc1-c1ccccc1. The highest BCUT2D eigenvalue weighted by Crippen LogP contribution is 2.35. The van der Waals surface area contributed by atoms with Crippen LogP contribution in [0.2, 0.25) is 0 Å². The molecule has 3 aromatic rings. The average Bonchev–Trinajstić information content (AvgIpc) is 3.09. The molecule has 1 heterocycles. The van der Waals surface area contributed by atoms with E-state index in [-0.39, 0.29) is 0 Å². The average molecular weight is 350 g/mol. The molecule has 0 aliphatic heterocycles. The third-order valence-electron chi connectivity index (χ3n) is 3.39. The van der Waals surface area contributed by atoms with Gasteiger partial charge in [-0.1, -0.05) is 53.6 Å². The number of thiazole rings is 1. The summed E-state index contributed by atoms with van der Waals surface area (Å²) in [7, 11) is 0. The normalized spacial score (nSPS) is 10.1. The monoisotopic (exact) mass is 350 g/mol. The standard InChI is InChI=1S/C18H14N4O2S/c1-2-24-18(23)16-15(12-7-4-3-5-8-12)20-17(25-16)13-9-6-10-14(11-13)21-22-19/h3-11H,2H2,1H3. The Balaban J connectivity index is 2.11. The van der Waals surface area contributed by atoms with Gasteiger partial charge >= 0.3 is 5.97 Å². The van der Waals surface area contributed by atoms with Crippen LogP contribution >= 0.6 is 11.3 Å². The Morgan fingerprint density at radius 1 is 1.20 bits per heavy atom. The van der Waals surface area contributed by atoms with Gasteiger partial charge in [-0.3, -0.25) is 0 Å². The Morgan fingerprint density at radius 2 is 1.96 bits per heavy atom. The smallest absolute Gasteiger partial charge is 0.350 e. The lowest BCUT2D eigenvalue weighted by molar-refractivity contribution is 0.0532. The zero-order valence-electron chi connectivity index (χ0n) is 13.4. The first-order valence-corrected chi connectivity index (χ1v) is 8.43. The Morgan fingerprint density at radius 3 is 2.68 bits per heavy atom. The summed E-state index contributed by atoms with van der Waals surface area (Å²) >= 11 is 1.26. The molecule has 3 rings (SSSR count). The molecular formula is C18H14N4O2S. The van der Waals surface area contributed by atoms with Crippen molar-refractivity contribution in [3.63, 3.8) is 0 Å². The number of nitrogens with zero attached hydrogens (tertiary/aromatic N) is 4. The summed E-state index contributed by atoms with van der Waals surface area (Å²) in [6.45, 7) is 2.07. The minimum atomic E-state index is -0.392. The second-order valence-electron chi connectivity index (χ2n) is 5.02. The zero-order chi connectivity index (χ0) is 17.6. The summed E-state index contributed by atoms with van der Waals surface area (Å²) < 4.78 is 5.17. The number of benzene rings is 2. The van der Waals surface area contributed by atoms with Gasteiger partial charge in [0.2, 0.25) is 0 Å². The maximum Gasteiger partial charge on any atom is 0.350 e. The van der Waals surface area contributed by atoms with Crippen molar-refractivity contribution in [3.05, 3.63) is 69.9 Å². The molecule has 0 amide bonds. The number of azide groups is 1. The number of hydrogen-bond acceptors (Lipinski definition) is 5. The predicted molar refractivity (Wildman–Crippen MR) is 97.7 cm³/mol. The van der Waals surface area contributed by atoms with Crippen molar-refractivity contribution in [2.24, 2.45) is 5.11 Å². The van der Waals surface area contributed by atoms with E-state index in [0.29, 0.717) is 27.9 Å². The quantitative estimate of drug-likeness (QED) is 0.260. The number of aromatic nitrogens is 1. The summed E-state index contributed by atoms with van der Waals surface area (Å²) in [5.74, 6) is -0.392. The minimum Gasteiger partial charge on any atom is -0.462 e. The Labute approximate surface area is 148 Å². The van der Waals surface area contributed by atoms with Crippen molar-refractivity contribution in [1.82, 2.24) is 4.98 Å². The molecule has 1 aromatic heterocycles. The van der Waals surface area contributed by atoms with Gasteiger partial charge in [0.05, 0.1) is 12.3 Å². The number of hydrogen-bond donors (Lipinski definition) is 0. The van der Waals surface area contributed by atoms with E-state index in [2.05, 4.69) is 15.0 Å². The van der Waals surface area contributed by atoms with Crippen LogP contribution in [-0.2, 0) is 4.74 Å². The fraction of sp³-hybridized carbons (Fsp3) is 0.111. The molecule has 124 valence electrons. The van der Waals surface area contributed by atoms with E-state index in [9.17, 15) is 4.79 Å². The third-order valence-corrected chi connectivity index (χ3v) is 4.47. The molecule has 0 N–H and O–H groups in total. The first kappa shape index (κ1) is 16.7. The molecule has 25 heavy (non-hydrogen) atoms. The number of carbonyl (C=O) groups excluding carboxylic acids is 1. The zero-order valence-corrected chi connectivity index (χ0v) is 14.2. The van der Waals surface area contributed by atoms with Crippen LogP contribution in [0.15, 0.2) is 59.7 Å². The van der Waals surface area contributed by atoms with Gasteiger partial charge in [0.25, 0.3) is 0 Å². The van der Waals surface area contributed by atoms with Crippen molar-refractivity contribution in [2.75, 3.05) is 6.61 Å². The van der Waals surface area contributed by atoms with Gasteiger partial charge in [-0.15, -0.1) is 11.3 Å². The molecule has 0 unspecified atom stereocenters. The molecule has 0 radical (unpaired) electrons. The van der Waals surface area contributed by atoms with Crippen molar-refractivity contribution in [3.8, 4) is 21.8 Å². The first-order chi connectivity index (χ1) is 12.2. The highest BCUT2D eigenvalue weighted by molar-refractivity contribution is 7.17. The number of rotatable bonds is 5. The van der Waals surface area contributed by atoms with Gasteiger partial charge < -0.3 is 4.74 Å². The van der Waals surface area contributed by atoms with Crippen LogP contribution in [0.1, 0.15) is 16.6 Å². The van der Waals surface area contributed by atoms with E-state index < -0.39 is 5.97 Å². The van der Waals surface area contributed by atoms with Gasteiger partial charge in [0.15, 0.2) is 0 Å². The lowest BCUT2D eigenvalue weighted by Gasteiger charge is -2.01. The molecule has 0 saturated heterocycles. The molecule has 0 atom stereocenters. The van der Waals surface area contributed by atoms with E-state index in [0.717, 1.165) is 11.1 Å². The summed E-state index contributed by atoms with van der Waals surface area (Å²) in [5.41, 5.74) is 11.3. The van der Waals surface area contributed by atoms with Gasteiger partial charge in [0.1, 0.15) is 9.88 Å². The summed E-state index contributed by atoms with van der Waals surface area (Å²) in [4.78, 5) is 20.2. The van der Waals surface area contributed by atoms with E-state index in [1.54, 1.807) is 25.1 Å². The van der Waals surface area contributed by atoms with Gasteiger partial charge in [-0.2, -0.15) is 0 Å².